The Hall–Kier alpha value is -6.70. The molecule has 0 aliphatic heterocycles. The summed E-state index contributed by atoms with van der Waals surface area (Å²) in [4.78, 5) is 46.5. The van der Waals surface area contributed by atoms with E-state index in [9.17, 15) is 40.5 Å². The van der Waals surface area contributed by atoms with Gasteiger partial charge in [-0.05, 0) is 66.7 Å². The molecule has 14 heteroatoms. The van der Waals surface area contributed by atoms with Crippen LogP contribution in [0.2, 0.25) is 0 Å². The topological polar surface area (TPSA) is 179 Å². The van der Waals surface area contributed by atoms with Crippen molar-refractivity contribution in [3.63, 3.8) is 0 Å². The third kappa shape index (κ3) is 5.99. The molecule has 0 fully saturated rings. The van der Waals surface area contributed by atoms with Gasteiger partial charge in [0.05, 0.1) is 19.7 Å². The number of non-ortho nitro benzene ring substituents is 4. The van der Waals surface area contributed by atoms with Crippen molar-refractivity contribution in [2.24, 2.45) is 0 Å². The summed E-state index contributed by atoms with van der Waals surface area (Å²) in [7, 11) is 0. The lowest BCUT2D eigenvalue weighted by atomic mass is 10.1. The van der Waals surface area contributed by atoms with E-state index in [2.05, 4.69) is 0 Å². The first kappa shape index (κ1) is 28.8. The molecule has 5 aromatic carbocycles. The Morgan fingerprint density at radius 2 is 0.568 bits per heavy atom. The number of nitro benzene ring substituents is 4. The normalized spacial score (nSPS) is 10.5. The number of rotatable bonds is 10. The second kappa shape index (κ2) is 12.0. The van der Waals surface area contributed by atoms with Gasteiger partial charge in [0.25, 0.3) is 22.7 Å². The van der Waals surface area contributed by atoms with Gasteiger partial charge < -0.3 is 9.80 Å². The molecule has 14 nitrogen and oxygen atoms in total. The fraction of sp³-hybridized carbons (Fsp3) is 0. The van der Waals surface area contributed by atoms with Crippen LogP contribution in [0.5, 0.6) is 0 Å². The van der Waals surface area contributed by atoms with E-state index in [4.69, 9.17) is 0 Å². The van der Waals surface area contributed by atoms with Crippen molar-refractivity contribution in [1.82, 2.24) is 0 Å². The molecule has 0 saturated heterocycles. The average Bonchev–Trinajstić information content (AvgIpc) is 3.02. The standard InChI is InChI=1S/C30H20N6O8/c37-33(38)25-12-4-21(5-13-25)31(22-6-14-26(15-7-22)34(39)40)29-2-1-3-30(20-29)32(23-8-16-27(17-9-23)35(41)42)24-10-18-28(19-11-24)36(43)44/h1-20H. The Morgan fingerprint density at radius 1 is 0.341 bits per heavy atom. The molecule has 0 heterocycles. The summed E-state index contributed by atoms with van der Waals surface area (Å²) < 4.78 is 0. The molecule has 5 aromatic rings. The van der Waals surface area contributed by atoms with E-state index in [1.807, 2.05) is 0 Å². The van der Waals surface area contributed by atoms with Crippen LogP contribution in [-0.4, -0.2) is 19.7 Å². The number of hydrogen-bond donors (Lipinski definition) is 0. The molecule has 0 aliphatic carbocycles. The Kier molecular flexibility index (Phi) is 7.88. The van der Waals surface area contributed by atoms with Gasteiger partial charge in [-0.3, -0.25) is 40.5 Å². The van der Waals surface area contributed by atoms with Gasteiger partial charge in [-0.2, -0.15) is 0 Å². The van der Waals surface area contributed by atoms with Gasteiger partial charge in [-0.25, -0.2) is 0 Å². The second-order valence-corrected chi connectivity index (χ2v) is 9.28. The van der Waals surface area contributed by atoms with E-state index in [1.54, 1.807) is 82.6 Å². The Morgan fingerprint density at radius 3 is 0.773 bits per heavy atom. The van der Waals surface area contributed by atoms with Gasteiger partial charge in [0.2, 0.25) is 0 Å². The molecule has 0 saturated carbocycles. The Balaban J connectivity index is 1.66. The molecular weight excluding hydrogens is 572 g/mol. The summed E-state index contributed by atoms with van der Waals surface area (Å²) in [5.41, 5.74) is 2.78. The largest absolute Gasteiger partial charge is 0.310 e. The minimum absolute atomic E-state index is 0.117. The number of hydrogen-bond acceptors (Lipinski definition) is 10. The highest BCUT2D eigenvalue weighted by molar-refractivity contribution is 5.83. The number of anilines is 6. The lowest BCUT2D eigenvalue weighted by molar-refractivity contribution is -0.385. The first-order valence-corrected chi connectivity index (χ1v) is 12.8. The first-order valence-electron chi connectivity index (χ1n) is 12.8. The number of nitrogens with zero attached hydrogens (tertiary/aromatic N) is 6. The Labute approximate surface area is 248 Å². The van der Waals surface area contributed by atoms with E-state index in [0.717, 1.165) is 0 Å². The van der Waals surface area contributed by atoms with Crippen molar-refractivity contribution in [3.8, 4) is 0 Å². The predicted molar refractivity (Wildman–Crippen MR) is 162 cm³/mol. The molecule has 0 aromatic heterocycles. The smallest absolute Gasteiger partial charge is 0.269 e. The SMILES string of the molecule is O=[N+]([O-])c1ccc(N(c2ccc([N+](=O)[O-])cc2)c2cccc(N(c3ccc([N+](=O)[O-])cc3)c3ccc([N+](=O)[O-])cc3)c2)cc1. The maximum atomic E-state index is 11.3. The van der Waals surface area contributed by atoms with E-state index in [1.165, 1.54) is 48.5 Å². The molecule has 0 atom stereocenters. The highest BCUT2D eigenvalue weighted by Gasteiger charge is 2.20. The zero-order chi connectivity index (χ0) is 31.4. The van der Waals surface area contributed by atoms with Gasteiger partial charge in [0, 0.05) is 82.7 Å². The van der Waals surface area contributed by atoms with Crippen LogP contribution in [0.15, 0.2) is 121 Å². The molecule has 44 heavy (non-hydrogen) atoms. The minimum Gasteiger partial charge on any atom is -0.310 e. The number of nitro groups is 4. The minimum atomic E-state index is -0.521. The van der Waals surface area contributed by atoms with Crippen LogP contribution in [0.1, 0.15) is 0 Å². The van der Waals surface area contributed by atoms with Crippen LogP contribution in [0.25, 0.3) is 0 Å². The third-order valence-electron chi connectivity index (χ3n) is 6.62. The molecule has 0 radical (unpaired) electrons. The third-order valence-corrected chi connectivity index (χ3v) is 6.62. The average molecular weight is 593 g/mol. The molecule has 0 unspecified atom stereocenters. The fourth-order valence-electron chi connectivity index (χ4n) is 4.56. The molecule has 0 N–H and O–H groups in total. The van der Waals surface area contributed by atoms with Gasteiger partial charge in [0.1, 0.15) is 0 Å². The van der Waals surface area contributed by atoms with E-state index in [-0.39, 0.29) is 22.7 Å². The van der Waals surface area contributed by atoms with Gasteiger partial charge in [-0.1, -0.05) is 6.07 Å². The second-order valence-electron chi connectivity index (χ2n) is 9.28. The molecule has 0 spiro atoms. The summed E-state index contributed by atoms with van der Waals surface area (Å²) in [6, 6.07) is 30.3. The summed E-state index contributed by atoms with van der Waals surface area (Å²) >= 11 is 0. The monoisotopic (exact) mass is 592 g/mol. The van der Waals surface area contributed by atoms with Crippen LogP contribution in [0.3, 0.4) is 0 Å². The van der Waals surface area contributed by atoms with Crippen LogP contribution >= 0.6 is 0 Å². The molecule has 218 valence electrons. The van der Waals surface area contributed by atoms with Gasteiger partial charge in [0.15, 0.2) is 0 Å². The highest BCUT2D eigenvalue weighted by Crippen LogP contribution is 2.41. The zero-order valence-corrected chi connectivity index (χ0v) is 22.5. The molecule has 0 amide bonds. The summed E-state index contributed by atoms with van der Waals surface area (Å²) in [5, 5.41) is 45.1. The maximum Gasteiger partial charge on any atom is 0.269 e. The van der Waals surface area contributed by atoms with Crippen molar-refractivity contribution >= 4 is 56.9 Å². The predicted octanol–water partition coefficient (Wildman–Crippen LogP) is 8.26. The molecule has 0 bridgehead atoms. The van der Waals surface area contributed by atoms with Gasteiger partial charge in [-0.15, -0.1) is 0 Å². The van der Waals surface area contributed by atoms with Crippen LogP contribution in [0.4, 0.5) is 56.9 Å². The van der Waals surface area contributed by atoms with Crippen LogP contribution < -0.4 is 9.80 Å². The molecule has 5 rings (SSSR count). The quantitative estimate of drug-likeness (QED) is 0.113. The van der Waals surface area contributed by atoms with Gasteiger partial charge >= 0.3 is 0 Å². The first-order chi connectivity index (χ1) is 21.1. The summed E-state index contributed by atoms with van der Waals surface area (Å²) in [6.45, 7) is 0. The van der Waals surface area contributed by atoms with Crippen molar-refractivity contribution in [2.45, 2.75) is 0 Å². The summed E-state index contributed by atoms with van der Waals surface area (Å²) in [6.07, 6.45) is 0. The van der Waals surface area contributed by atoms with Crippen molar-refractivity contribution in [2.75, 3.05) is 9.80 Å². The van der Waals surface area contributed by atoms with Crippen molar-refractivity contribution in [3.05, 3.63) is 162 Å². The summed E-state index contributed by atoms with van der Waals surface area (Å²) in [5.74, 6) is 0. The van der Waals surface area contributed by atoms with Crippen molar-refractivity contribution in [1.29, 1.82) is 0 Å². The highest BCUT2D eigenvalue weighted by atomic mass is 16.6. The van der Waals surface area contributed by atoms with E-state index in [0.29, 0.717) is 34.1 Å². The lowest BCUT2D eigenvalue weighted by Gasteiger charge is -2.29. The molecule has 0 aliphatic rings. The van der Waals surface area contributed by atoms with E-state index >= 15 is 0 Å². The zero-order valence-electron chi connectivity index (χ0n) is 22.5. The number of benzene rings is 5. The fourth-order valence-corrected chi connectivity index (χ4v) is 4.56. The maximum absolute atomic E-state index is 11.3. The van der Waals surface area contributed by atoms with Crippen LogP contribution in [0, 0.1) is 40.5 Å². The lowest BCUT2D eigenvalue weighted by Crippen LogP contribution is -2.13. The molecular formula is C30H20N6O8. The van der Waals surface area contributed by atoms with E-state index < -0.39 is 19.7 Å². The van der Waals surface area contributed by atoms with Crippen LogP contribution in [-0.2, 0) is 0 Å². The van der Waals surface area contributed by atoms with Crippen molar-refractivity contribution < 1.29 is 19.7 Å². The Bertz CT molecular complexity index is 1610.